The molecule has 0 unspecified atom stereocenters. The van der Waals surface area contributed by atoms with Crippen molar-refractivity contribution in [3.63, 3.8) is 0 Å². The molecule has 9 nitrogen and oxygen atoms in total. The van der Waals surface area contributed by atoms with Gasteiger partial charge >= 0.3 is 24.4 Å². The van der Waals surface area contributed by atoms with Gasteiger partial charge in [0.1, 0.15) is 5.82 Å². The van der Waals surface area contributed by atoms with E-state index in [-0.39, 0.29) is 47.5 Å². The van der Waals surface area contributed by atoms with Gasteiger partial charge in [-0.05, 0) is 61.2 Å². The zero-order valence-electron chi connectivity index (χ0n) is 23.7. The van der Waals surface area contributed by atoms with Gasteiger partial charge in [-0.25, -0.2) is 19.6 Å². The van der Waals surface area contributed by atoms with Crippen LogP contribution in [0, 0.1) is 0 Å². The van der Waals surface area contributed by atoms with Crippen molar-refractivity contribution in [1.82, 2.24) is 9.97 Å². The summed E-state index contributed by atoms with van der Waals surface area (Å²) in [5.41, 5.74) is -2.90. The molecule has 0 bridgehead atoms. The van der Waals surface area contributed by atoms with Crippen LogP contribution in [0.15, 0.2) is 42.6 Å². The zero-order valence-corrected chi connectivity index (χ0v) is 23.7. The maximum atomic E-state index is 13.5. The summed E-state index contributed by atoms with van der Waals surface area (Å²) in [6, 6.07) is 4.43. The number of methoxy groups -OCH3 is 1. The molecule has 236 valence electrons. The van der Waals surface area contributed by atoms with E-state index in [0.717, 1.165) is 12.3 Å². The number of fused-ring (bicyclic) bond motifs is 1. The van der Waals surface area contributed by atoms with Gasteiger partial charge in [-0.2, -0.15) is 26.3 Å². The third-order valence-electron chi connectivity index (χ3n) is 7.05. The molecule has 2 N–H and O–H groups in total. The topological polar surface area (TPSA) is 114 Å². The predicted molar refractivity (Wildman–Crippen MR) is 146 cm³/mol. The molecule has 0 saturated heterocycles. The lowest BCUT2D eigenvalue weighted by atomic mass is 9.93. The summed E-state index contributed by atoms with van der Waals surface area (Å²) in [6.07, 6.45) is -9.46. The van der Waals surface area contributed by atoms with Crippen LogP contribution in [0.4, 0.5) is 42.6 Å². The van der Waals surface area contributed by atoms with E-state index >= 15 is 0 Å². The van der Waals surface area contributed by atoms with E-state index in [0.29, 0.717) is 29.9 Å². The molecule has 1 amide bonds. The number of carboxylic acids is 1. The minimum atomic E-state index is -5.06. The smallest absolute Gasteiger partial charge is 0.416 e. The zero-order chi connectivity index (χ0) is 32.4. The first-order chi connectivity index (χ1) is 20.7. The van der Waals surface area contributed by atoms with Crippen molar-refractivity contribution in [2.75, 3.05) is 23.9 Å². The Bertz CT molecular complexity index is 1510. The van der Waals surface area contributed by atoms with Gasteiger partial charge < -0.3 is 19.9 Å². The first-order valence-electron chi connectivity index (χ1n) is 13.4. The van der Waals surface area contributed by atoms with Crippen molar-refractivity contribution in [3.8, 4) is 5.88 Å². The number of amides is 1. The number of aromatic nitrogens is 2. The number of nitrogens with one attached hydrogen (secondary N) is 1. The van der Waals surface area contributed by atoms with Crippen molar-refractivity contribution < 1.29 is 50.5 Å². The van der Waals surface area contributed by atoms with E-state index in [1.165, 1.54) is 12.0 Å². The van der Waals surface area contributed by atoms with Crippen LogP contribution < -0.4 is 15.0 Å². The van der Waals surface area contributed by atoms with Crippen LogP contribution in [-0.2, 0) is 23.5 Å². The van der Waals surface area contributed by atoms with E-state index < -0.39 is 54.0 Å². The molecule has 4 rings (SSSR count). The summed E-state index contributed by atoms with van der Waals surface area (Å²) < 4.78 is 91.6. The normalized spacial score (nSPS) is 16.7. The molecule has 3 heterocycles. The lowest BCUT2D eigenvalue weighted by molar-refractivity contribution is -0.143. The molecule has 1 aliphatic heterocycles. The van der Waals surface area contributed by atoms with E-state index in [4.69, 9.17) is 9.47 Å². The Hall–Kier alpha value is -4.56. The second-order valence-corrected chi connectivity index (χ2v) is 9.95. The van der Waals surface area contributed by atoms with E-state index in [9.17, 15) is 41.0 Å². The van der Waals surface area contributed by atoms with Crippen LogP contribution in [0.2, 0.25) is 0 Å². The van der Waals surface area contributed by atoms with Crippen molar-refractivity contribution in [2.24, 2.45) is 0 Å². The highest BCUT2D eigenvalue weighted by atomic mass is 19.4. The molecular weight excluding hydrogens is 598 g/mol. The maximum Gasteiger partial charge on any atom is 0.416 e. The Morgan fingerprint density at radius 3 is 2.25 bits per heavy atom. The average Bonchev–Trinajstić information content (AvgIpc) is 2.96. The summed E-state index contributed by atoms with van der Waals surface area (Å²) in [7, 11) is 1.40. The summed E-state index contributed by atoms with van der Waals surface area (Å²) in [5, 5.41) is 12.7. The number of pyridine rings is 2. The van der Waals surface area contributed by atoms with Gasteiger partial charge in [0.15, 0.2) is 0 Å². The van der Waals surface area contributed by atoms with Crippen LogP contribution in [0.3, 0.4) is 0 Å². The number of rotatable bonds is 8. The first-order valence-corrected chi connectivity index (χ1v) is 13.4. The van der Waals surface area contributed by atoms with Crippen LogP contribution >= 0.6 is 0 Å². The van der Waals surface area contributed by atoms with Gasteiger partial charge in [-0.1, -0.05) is 6.92 Å². The fraction of sp³-hybridized carbons (Fsp3) is 0.379. The fourth-order valence-corrected chi connectivity index (χ4v) is 5.02. The standard InChI is InChI=1S/C29H28F6N4O5/c1-4-20-13-21(24-22(6-7-23(38-24)43-3)39(20)27(42)44-5-2)37-25-16(11-17(14-36-25)26(40)41)8-15-9-18(28(30,31)32)12-19(10-15)29(33,34)35/h6-7,9-12,14,20-21H,4-5,8,13H2,1-3H3,(H,36,37)(H,40,41)/t20-,21+/m1/s1. The first kappa shape index (κ1) is 32.4. The predicted octanol–water partition coefficient (Wildman–Crippen LogP) is 7.11. The monoisotopic (exact) mass is 626 g/mol. The molecule has 0 spiro atoms. The van der Waals surface area contributed by atoms with Gasteiger partial charge in [0, 0.05) is 24.7 Å². The quantitative estimate of drug-likeness (QED) is 0.255. The molecule has 2 atom stereocenters. The molecule has 0 aliphatic carbocycles. The summed E-state index contributed by atoms with van der Waals surface area (Å²) in [4.78, 5) is 34.8. The number of aromatic carboxylic acids is 1. The molecule has 44 heavy (non-hydrogen) atoms. The molecule has 15 heteroatoms. The molecule has 1 aromatic carbocycles. The van der Waals surface area contributed by atoms with Gasteiger partial charge in [-0.15, -0.1) is 0 Å². The number of carbonyl (C=O) groups is 2. The Labute approximate surface area is 247 Å². The Balaban J connectivity index is 1.81. The van der Waals surface area contributed by atoms with Gasteiger partial charge in [0.2, 0.25) is 5.88 Å². The third kappa shape index (κ3) is 6.97. The minimum absolute atomic E-state index is 0.0148. The van der Waals surface area contributed by atoms with Crippen LogP contribution in [0.5, 0.6) is 5.88 Å². The highest BCUT2D eigenvalue weighted by Crippen LogP contribution is 2.41. The van der Waals surface area contributed by atoms with Crippen LogP contribution in [0.1, 0.15) is 71.0 Å². The highest BCUT2D eigenvalue weighted by molar-refractivity contribution is 5.90. The van der Waals surface area contributed by atoms with Gasteiger partial charge in [0.05, 0.1) is 47.8 Å². The lowest BCUT2D eigenvalue weighted by Crippen LogP contribution is -2.46. The molecular formula is C29H28F6N4O5. The Kier molecular flexibility index (Phi) is 9.25. The van der Waals surface area contributed by atoms with Crippen molar-refractivity contribution in [3.05, 3.63) is 76.1 Å². The van der Waals surface area contributed by atoms with Gasteiger partial charge in [-0.3, -0.25) is 4.90 Å². The van der Waals surface area contributed by atoms with Crippen molar-refractivity contribution in [1.29, 1.82) is 0 Å². The highest BCUT2D eigenvalue weighted by Gasteiger charge is 2.39. The molecule has 0 saturated carbocycles. The molecule has 0 fully saturated rings. The van der Waals surface area contributed by atoms with Gasteiger partial charge in [0.25, 0.3) is 0 Å². The Morgan fingerprint density at radius 2 is 1.70 bits per heavy atom. The van der Waals surface area contributed by atoms with E-state index in [1.807, 2.05) is 6.92 Å². The van der Waals surface area contributed by atoms with Crippen LogP contribution in [-0.4, -0.2) is 46.9 Å². The summed E-state index contributed by atoms with van der Waals surface area (Å²) in [6.45, 7) is 3.64. The molecule has 2 aromatic heterocycles. The number of ether oxygens (including phenoxy) is 2. The third-order valence-corrected chi connectivity index (χ3v) is 7.05. The second kappa shape index (κ2) is 12.6. The number of nitrogens with zero attached hydrogens (tertiary/aromatic N) is 3. The number of benzene rings is 1. The number of carbonyl (C=O) groups excluding carboxylic acids is 1. The maximum absolute atomic E-state index is 13.5. The van der Waals surface area contributed by atoms with Crippen molar-refractivity contribution in [2.45, 2.75) is 57.5 Å². The molecule has 0 radical (unpaired) electrons. The Morgan fingerprint density at radius 1 is 1.05 bits per heavy atom. The number of carboxylic acid groups (broad SMARTS) is 1. The SMILES string of the molecule is CCOC(=O)N1c2ccc(OC)nc2[C@@H](Nc2ncc(C(=O)O)cc2Cc2cc(C(F)(F)F)cc(C(F)(F)F)c2)C[C@H]1CC. The average molecular weight is 627 g/mol. The van der Waals surface area contributed by atoms with Crippen LogP contribution in [0.25, 0.3) is 0 Å². The van der Waals surface area contributed by atoms with Crippen molar-refractivity contribution >= 4 is 23.6 Å². The lowest BCUT2D eigenvalue weighted by Gasteiger charge is -2.39. The molecule has 1 aliphatic rings. The van der Waals surface area contributed by atoms with E-state index in [1.54, 1.807) is 19.1 Å². The number of anilines is 2. The minimum Gasteiger partial charge on any atom is -0.481 e. The number of hydrogen-bond donors (Lipinski definition) is 2. The fourth-order valence-electron chi connectivity index (χ4n) is 5.02. The molecule has 3 aromatic rings. The second-order valence-electron chi connectivity index (χ2n) is 9.95. The summed E-state index contributed by atoms with van der Waals surface area (Å²) in [5.74, 6) is -1.16. The van der Waals surface area contributed by atoms with E-state index in [2.05, 4.69) is 15.3 Å². The number of halogens is 6. The largest absolute Gasteiger partial charge is 0.481 e. The summed E-state index contributed by atoms with van der Waals surface area (Å²) >= 11 is 0. The number of alkyl halides is 6. The number of hydrogen-bond acceptors (Lipinski definition) is 7.